The highest BCUT2D eigenvalue weighted by Gasteiger charge is 2.19. The highest BCUT2D eigenvalue weighted by molar-refractivity contribution is 5.44. The predicted molar refractivity (Wildman–Crippen MR) is 94.8 cm³/mol. The fourth-order valence-electron chi connectivity index (χ4n) is 3.35. The van der Waals surface area contributed by atoms with Crippen LogP contribution in [-0.2, 0) is 20.1 Å². The maximum absolute atomic E-state index is 11.7. The van der Waals surface area contributed by atoms with E-state index in [1.54, 1.807) is 17.7 Å². The minimum absolute atomic E-state index is 0.0546. The number of hydrogen-bond donors (Lipinski definition) is 0. The largest absolute Gasteiger partial charge is 0.454 e. The molecule has 6 heteroatoms. The van der Waals surface area contributed by atoms with Crippen molar-refractivity contribution in [3.8, 4) is 11.5 Å². The van der Waals surface area contributed by atoms with Crippen molar-refractivity contribution in [2.24, 2.45) is 7.05 Å². The zero-order valence-corrected chi connectivity index (χ0v) is 14.5. The molecule has 0 atom stereocenters. The summed E-state index contributed by atoms with van der Waals surface area (Å²) < 4.78 is 12.4. The summed E-state index contributed by atoms with van der Waals surface area (Å²) in [6.45, 7) is 6.17. The third kappa shape index (κ3) is 3.70. The molecular formula is C19H23N3O3. The molecule has 1 aromatic carbocycles. The number of piperazine rings is 1. The van der Waals surface area contributed by atoms with Gasteiger partial charge in [0.05, 0.1) is 0 Å². The van der Waals surface area contributed by atoms with Crippen LogP contribution in [0.15, 0.2) is 41.3 Å². The molecule has 0 N–H and O–H groups in total. The van der Waals surface area contributed by atoms with E-state index in [0.29, 0.717) is 6.79 Å². The Morgan fingerprint density at radius 1 is 0.880 bits per heavy atom. The molecule has 1 fully saturated rings. The maximum Gasteiger partial charge on any atom is 0.250 e. The number of hydrogen-bond acceptors (Lipinski definition) is 5. The van der Waals surface area contributed by atoms with E-state index in [2.05, 4.69) is 21.9 Å². The van der Waals surface area contributed by atoms with E-state index in [-0.39, 0.29) is 5.56 Å². The Balaban J connectivity index is 1.30. The molecule has 0 amide bonds. The van der Waals surface area contributed by atoms with Crippen LogP contribution in [0.1, 0.15) is 11.1 Å². The van der Waals surface area contributed by atoms with Crippen LogP contribution in [-0.4, -0.2) is 47.3 Å². The molecule has 6 nitrogen and oxygen atoms in total. The summed E-state index contributed by atoms with van der Waals surface area (Å²) in [6, 6.07) is 9.94. The first-order valence-corrected chi connectivity index (χ1v) is 8.66. The van der Waals surface area contributed by atoms with E-state index in [1.807, 2.05) is 18.3 Å². The standard InChI is InChI=1S/C19H23N3O3/c1-20-5-4-16(11-19(20)23)13-22-8-6-21(7-9-22)12-15-2-3-17-18(10-15)25-14-24-17/h2-5,10-11H,6-9,12-14H2,1H3. The molecule has 0 spiro atoms. The van der Waals surface area contributed by atoms with Gasteiger partial charge in [-0.3, -0.25) is 14.6 Å². The zero-order chi connectivity index (χ0) is 17.2. The highest BCUT2D eigenvalue weighted by atomic mass is 16.7. The van der Waals surface area contributed by atoms with E-state index >= 15 is 0 Å². The molecule has 0 unspecified atom stereocenters. The van der Waals surface area contributed by atoms with E-state index in [0.717, 1.165) is 56.3 Å². The predicted octanol–water partition coefficient (Wildman–Crippen LogP) is 1.43. The number of aryl methyl sites for hydroxylation is 1. The molecule has 0 saturated carbocycles. The molecule has 1 aromatic heterocycles. The van der Waals surface area contributed by atoms with Crippen molar-refractivity contribution >= 4 is 0 Å². The summed E-state index contributed by atoms with van der Waals surface area (Å²) in [5.74, 6) is 1.68. The smallest absolute Gasteiger partial charge is 0.250 e. The second-order valence-electron chi connectivity index (χ2n) is 6.72. The lowest BCUT2D eigenvalue weighted by atomic mass is 10.1. The normalized spacial score (nSPS) is 17.8. The van der Waals surface area contributed by atoms with Gasteiger partial charge in [-0.1, -0.05) is 6.07 Å². The van der Waals surface area contributed by atoms with Crippen LogP contribution in [0.3, 0.4) is 0 Å². The van der Waals surface area contributed by atoms with E-state index in [1.165, 1.54) is 5.56 Å². The average Bonchev–Trinajstić information content (AvgIpc) is 3.08. The molecule has 0 radical (unpaired) electrons. The third-order valence-corrected chi connectivity index (χ3v) is 4.88. The lowest BCUT2D eigenvalue weighted by Crippen LogP contribution is -2.45. The average molecular weight is 341 g/mol. The third-order valence-electron chi connectivity index (χ3n) is 4.88. The fraction of sp³-hybridized carbons (Fsp3) is 0.421. The highest BCUT2D eigenvalue weighted by Crippen LogP contribution is 2.32. The van der Waals surface area contributed by atoms with Gasteiger partial charge in [-0.25, -0.2) is 0 Å². The Hall–Kier alpha value is -2.31. The molecule has 0 aliphatic carbocycles. The van der Waals surface area contributed by atoms with Crippen molar-refractivity contribution in [1.82, 2.24) is 14.4 Å². The zero-order valence-electron chi connectivity index (χ0n) is 14.5. The van der Waals surface area contributed by atoms with Gasteiger partial charge < -0.3 is 14.0 Å². The molecule has 3 heterocycles. The fourth-order valence-corrected chi connectivity index (χ4v) is 3.35. The Bertz CT molecular complexity index is 810. The number of rotatable bonds is 4. The number of benzene rings is 1. The first-order chi connectivity index (χ1) is 12.2. The molecular weight excluding hydrogens is 318 g/mol. The van der Waals surface area contributed by atoms with Gasteiger partial charge in [0.15, 0.2) is 11.5 Å². The molecule has 0 bridgehead atoms. The minimum Gasteiger partial charge on any atom is -0.454 e. The molecule has 2 aliphatic heterocycles. The minimum atomic E-state index is 0.0546. The first kappa shape index (κ1) is 16.2. The number of nitrogens with zero attached hydrogens (tertiary/aromatic N) is 3. The Kier molecular flexibility index (Phi) is 4.46. The van der Waals surface area contributed by atoms with E-state index < -0.39 is 0 Å². The van der Waals surface area contributed by atoms with Crippen LogP contribution in [0.4, 0.5) is 0 Å². The lowest BCUT2D eigenvalue weighted by Gasteiger charge is -2.34. The lowest BCUT2D eigenvalue weighted by molar-refractivity contribution is 0.122. The molecule has 4 rings (SSSR count). The summed E-state index contributed by atoms with van der Waals surface area (Å²) in [4.78, 5) is 16.6. The van der Waals surface area contributed by atoms with Crippen LogP contribution >= 0.6 is 0 Å². The van der Waals surface area contributed by atoms with Gasteiger partial charge in [-0.15, -0.1) is 0 Å². The Morgan fingerprint density at radius 3 is 2.20 bits per heavy atom. The van der Waals surface area contributed by atoms with E-state index in [4.69, 9.17) is 9.47 Å². The van der Waals surface area contributed by atoms with Crippen molar-refractivity contribution in [2.75, 3.05) is 33.0 Å². The topological polar surface area (TPSA) is 46.9 Å². The molecule has 2 aliphatic rings. The van der Waals surface area contributed by atoms with Gasteiger partial charge in [0.25, 0.3) is 5.56 Å². The SMILES string of the molecule is Cn1ccc(CN2CCN(Cc3ccc4c(c3)OCO4)CC2)cc1=O. The quantitative estimate of drug-likeness (QED) is 0.842. The summed E-state index contributed by atoms with van der Waals surface area (Å²) >= 11 is 0. The van der Waals surface area contributed by atoms with Crippen LogP contribution in [0.2, 0.25) is 0 Å². The van der Waals surface area contributed by atoms with Crippen LogP contribution < -0.4 is 15.0 Å². The van der Waals surface area contributed by atoms with Crippen LogP contribution in [0.5, 0.6) is 11.5 Å². The number of aromatic nitrogens is 1. The maximum atomic E-state index is 11.7. The second-order valence-corrected chi connectivity index (χ2v) is 6.72. The van der Waals surface area contributed by atoms with Crippen LogP contribution in [0, 0.1) is 0 Å². The van der Waals surface area contributed by atoms with E-state index in [9.17, 15) is 4.79 Å². The first-order valence-electron chi connectivity index (χ1n) is 8.66. The Labute approximate surface area is 147 Å². The summed E-state index contributed by atoms with van der Waals surface area (Å²) in [6.07, 6.45) is 1.84. The number of pyridine rings is 1. The number of ether oxygens (including phenoxy) is 2. The van der Waals surface area contributed by atoms with Gasteiger partial charge in [-0.2, -0.15) is 0 Å². The molecule has 1 saturated heterocycles. The van der Waals surface area contributed by atoms with Crippen LogP contribution in [0.25, 0.3) is 0 Å². The van der Waals surface area contributed by atoms with Crippen molar-refractivity contribution in [2.45, 2.75) is 13.1 Å². The monoisotopic (exact) mass is 341 g/mol. The van der Waals surface area contributed by atoms with Crippen molar-refractivity contribution < 1.29 is 9.47 Å². The Morgan fingerprint density at radius 2 is 1.52 bits per heavy atom. The summed E-state index contributed by atoms with van der Waals surface area (Å²) in [5, 5.41) is 0. The van der Waals surface area contributed by atoms with Gasteiger partial charge in [0.1, 0.15) is 0 Å². The van der Waals surface area contributed by atoms with Crippen molar-refractivity contribution in [3.05, 3.63) is 58.0 Å². The van der Waals surface area contributed by atoms with Gasteiger partial charge >= 0.3 is 0 Å². The number of fused-ring (bicyclic) bond motifs is 1. The van der Waals surface area contributed by atoms with Gasteiger partial charge in [0, 0.05) is 58.6 Å². The molecule has 2 aromatic rings. The summed E-state index contributed by atoms with van der Waals surface area (Å²) in [7, 11) is 1.78. The molecule has 25 heavy (non-hydrogen) atoms. The molecule has 132 valence electrons. The summed E-state index contributed by atoms with van der Waals surface area (Å²) in [5.41, 5.74) is 2.40. The van der Waals surface area contributed by atoms with Gasteiger partial charge in [-0.05, 0) is 29.3 Å². The van der Waals surface area contributed by atoms with Gasteiger partial charge in [0.2, 0.25) is 6.79 Å². The van der Waals surface area contributed by atoms with Crippen molar-refractivity contribution in [1.29, 1.82) is 0 Å². The second kappa shape index (κ2) is 6.90. The van der Waals surface area contributed by atoms with Crippen molar-refractivity contribution in [3.63, 3.8) is 0 Å².